The van der Waals surface area contributed by atoms with Crippen molar-refractivity contribution in [2.24, 2.45) is 0 Å². The largest absolute Gasteiger partial charge is 0.433 e. The van der Waals surface area contributed by atoms with E-state index in [0.717, 1.165) is 9.22 Å². The van der Waals surface area contributed by atoms with Crippen molar-refractivity contribution in [1.29, 1.82) is 0 Å². The number of thioether (sulfide) groups is 1. The van der Waals surface area contributed by atoms with Crippen molar-refractivity contribution in [3.8, 4) is 0 Å². The summed E-state index contributed by atoms with van der Waals surface area (Å²) < 4.78 is 38.6. The molecule has 2 aromatic rings. The Kier molecular flexibility index (Phi) is 4.67. The van der Waals surface area contributed by atoms with E-state index in [1.54, 1.807) is 6.20 Å². The zero-order valence-corrected chi connectivity index (χ0v) is 13.7. The maximum atomic E-state index is 12.6. The molecule has 2 rings (SSSR count). The van der Waals surface area contributed by atoms with Gasteiger partial charge in [0.15, 0.2) is 5.69 Å². The van der Waals surface area contributed by atoms with Gasteiger partial charge in [0.25, 0.3) is 5.56 Å². The summed E-state index contributed by atoms with van der Waals surface area (Å²) in [5, 5.41) is 0. The minimum absolute atomic E-state index is 0.0164. The molecule has 2 heterocycles. The highest BCUT2D eigenvalue weighted by Crippen LogP contribution is 2.33. The van der Waals surface area contributed by atoms with Gasteiger partial charge in [-0.1, -0.05) is 32.5 Å². The Bertz CT molecular complexity index is 716. The van der Waals surface area contributed by atoms with Gasteiger partial charge in [0, 0.05) is 17.1 Å². The number of H-pyrrole nitrogens is 1. The Labute approximate surface area is 133 Å². The lowest BCUT2D eigenvalue weighted by Crippen LogP contribution is -2.18. The molecule has 0 radical (unpaired) electrons. The highest BCUT2D eigenvalue weighted by atomic mass is 32.2. The van der Waals surface area contributed by atoms with E-state index in [1.165, 1.54) is 23.1 Å². The standard InChI is InChI=1S/C13H14F3N3OS2/c1-12(2,3)8-5-17-11(22-8)21-6-9-18-7(13(14,15)16)4-10(20)19-9/h4-5H,6H2,1-3H3,(H,18,19,20). The molecule has 0 atom stereocenters. The molecule has 0 spiro atoms. The van der Waals surface area contributed by atoms with Crippen LogP contribution in [-0.4, -0.2) is 15.0 Å². The summed E-state index contributed by atoms with van der Waals surface area (Å²) in [6.07, 6.45) is -2.87. The zero-order chi connectivity index (χ0) is 16.5. The highest BCUT2D eigenvalue weighted by Gasteiger charge is 2.33. The third-order valence-corrected chi connectivity index (χ3v) is 5.23. The van der Waals surface area contributed by atoms with Gasteiger partial charge in [-0.25, -0.2) is 9.97 Å². The fourth-order valence-corrected chi connectivity index (χ4v) is 3.43. The molecule has 0 aromatic carbocycles. The molecular formula is C13H14F3N3OS2. The molecule has 0 amide bonds. The lowest BCUT2D eigenvalue weighted by Gasteiger charge is -2.14. The van der Waals surface area contributed by atoms with E-state index in [9.17, 15) is 18.0 Å². The third kappa shape index (κ3) is 4.33. The first-order valence-electron chi connectivity index (χ1n) is 6.32. The van der Waals surface area contributed by atoms with E-state index >= 15 is 0 Å². The van der Waals surface area contributed by atoms with Crippen LogP contribution in [-0.2, 0) is 17.3 Å². The van der Waals surface area contributed by atoms with Crippen LogP contribution in [0.5, 0.6) is 0 Å². The van der Waals surface area contributed by atoms with E-state index in [1.807, 2.05) is 0 Å². The summed E-state index contributed by atoms with van der Waals surface area (Å²) in [7, 11) is 0. The van der Waals surface area contributed by atoms with Crippen LogP contribution in [0.2, 0.25) is 0 Å². The van der Waals surface area contributed by atoms with Crippen LogP contribution in [0.3, 0.4) is 0 Å². The minimum Gasteiger partial charge on any atom is -0.310 e. The molecule has 120 valence electrons. The van der Waals surface area contributed by atoms with Crippen LogP contribution in [0.4, 0.5) is 13.2 Å². The normalized spacial score (nSPS) is 12.6. The van der Waals surface area contributed by atoms with Gasteiger partial charge in [0.05, 0.1) is 5.75 Å². The van der Waals surface area contributed by atoms with Crippen LogP contribution in [0.25, 0.3) is 0 Å². The Morgan fingerprint density at radius 1 is 1.32 bits per heavy atom. The molecule has 1 N–H and O–H groups in total. The number of hydrogen-bond acceptors (Lipinski definition) is 5. The lowest BCUT2D eigenvalue weighted by molar-refractivity contribution is -0.141. The minimum atomic E-state index is -4.63. The van der Waals surface area contributed by atoms with Gasteiger partial charge in [-0.15, -0.1) is 11.3 Å². The van der Waals surface area contributed by atoms with Gasteiger partial charge in [0.1, 0.15) is 10.2 Å². The summed E-state index contributed by atoms with van der Waals surface area (Å²) in [4.78, 5) is 22.4. The molecule has 0 unspecified atom stereocenters. The van der Waals surface area contributed by atoms with Gasteiger partial charge >= 0.3 is 6.18 Å². The molecule has 22 heavy (non-hydrogen) atoms. The number of nitrogens with zero attached hydrogens (tertiary/aromatic N) is 2. The molecule has 4 nitrogen and oxygen atoms in total. The maximum Gasteiger partial charge on any atom is 0.433 e. The second-order valence-electron chi connectivity index (χ2n) is 5.60. The van der Waals surface area contributed by atoms with E-state index in [0.29, 0.717) is 6.07 Å². The predicted molar refractivity (Wildman–Crippen MR) is 80.2 cm³/mol. The number of hydrogen-bond donors (Lipinski definition) is 1. The summed E-state index contributed by atoms with van der Waals surface area (Å²) in [6, 6.07) is 0.454. The Hall–Kier alpha value is -1.35. The fraction of sp³-hybridized carbons (Fsp3) is 0.462. The maximum absolute atomic E-state index is 12.6. The molecule has 0 saturated heterocycles. The summed E-state index contributed by atoms with van der Waals surface area (Å²) in [5.41, 5.74) is -2.02. The van der Waals surface area contributed by atoms with Crippen LogP contribution < -0.4 is 5.56 Å². The zero-order valence-electron chi connectivity index (χ0n) is 12.1. The first-order valence-corrected chi connectivity index (χ1v) is 8.12. The molecule has 0 aliphatic heterocycles. The third-order valence-electron chi connectivity index (χ3n) is 2.64. The Morgan fingerprint density at radius 3 is 2.55 bits per heavy atom. The quantitative estimate of drug-likeness (QED) is 0.856. The second kappa shape index (κ2) is 6.04. The van der Waals surface area contributed by atoms with Crippen molar-refractivity contribution >= 4 is 23.1 Å². The average Bonchev–Trinajstić information content (AvgIpc) is 2.83. The number of rotatable bonds is 3. The van der Waals surface area contributed by atoms with Crippen molar-refractivity contribution in [2.45, 2.75) is 42.5 Å². The Morgan fingerprint density at radius 2 is 2.00 bits per heavy atom. The second-order valence-corrected chi connectivity index (χ2v) is 7.86. The van der Waals surface area contributed by atoms with Crippen molar-refractivity contribution in [1.82, 2.24) is 15.0 Å². The van der Waals surface area contributed by atoms with Crippen LogP contribution in [0.15, 0.2) is 21.4 Å². The van der Waals surface area contributed by atoms with Gasteiger partial charge in [-0.2, -0.15) is 13.2 Å². The van der Waals surface area contributed by atoms with Crippen molar-refractivity contribution in [3.05, 3.63) is 39.0 Å². The van der Waals surface area contributed by atoms with Gasteiger partial charge < -0.3 is 4.98 Å². The predicted octanol–water partition coefficient (Wildman–Crippen LogP) is 3.84. The lowest BCUT2D eigenvalue weighted by atomic mass is 9.96. The van der Waals surface area contributed by atoms with Gasteiger partial charge in [-0.05, 0) is 5.41 Å². The highest BCUT2D eigenvalue weighted by molar-refractivity contribution is 8.00. The molecule has 0 aliphatic rings. The number of nitrogens with one attached hydrogen (secondary N) is 1. The van der Waals surface area contributed by atoms with Crippen molar-refractivity contribution < 1.29 is 13.2 Å². The fourth-order valence-electron chi connectivity index (χ4n) is 1.52. The Balaban J connectivity index is 2.14. The smallest absolute Gasteiger partial charge is 0.310 e. The van der Waals surface area contributed by atoms with Gasteiger partial charge in [0.2, 0.25) is 0 Å². The van der Waals surface area contributed by atoms with Crippen LogP contribution >= 0.6 is 23.1 Å². The SMILES string of the molecule is CC(C)(C)c1cnc(SCc2nc(C(F)(F)F)cc(=O)[nH]2)s1. The van der Waals surface area contributed by atoms with Crippen LogP contribution in [0.1, 0.15) is 37.2 Å². The van der Waals surface area contributed by atoms with E-state index in [-0.39, 0.29) is 17.0 Å². The first-order chi connectivity index (χ1) is 10.1. The topological polar surface area (TPSA) is 58.6 Å². The van der Waals surface area contributed by atoms with E-state index in [4.69, 9.17) is 0 Å². The molecule has 0 bridgehead atoms. The van der Waals surface area contributed by atoms with Gasteiger partial charge in [-0.3, -0.25) is 4.79 Å². The van der Waals surface area contributed by atoms with E-state index in [2.05, 4.69) is 35.7 Å². The molecule has 0 saturated carbocycles. The van der Waals surface area contributed by atoms with Crippen molar-refractivity contribution in [3.63, 3.8) is 0 Å². The van der Waals surface area contributed by atoms with E-state index < -0.39 is 17.4 Å². The summed E-state index contributed by atoms with van der Waals surface area (Å²) >= 11 is 2.73. The number of halogens is 3. The molecule has 2 aromatic heterocycles. The summed E-state index contributed by atoms with van der Waals surface area (Å²) in [6.45, 7) is 6.17. The number of alkyl halides is 3. The number of aromatic amines is 1. The van der Waals surface area contributed by atoms with Crippen molar-refractivity contribution in [2.75, 3.05) is 0 Å². The average molecular weight is 349 g/mol. The summed E-state index contributed by atoms with van der Waals surface area (Å²) in [5.74, 6) is 0.105. The molecule has 0 aliphatic carbocycles. The molecular weight excluding hydrogens is 335 g/mol. The van der Waals surface area contributed by atoms with Crippen LogP contribution in [0, 0.1) is 0 Å². The molecule has 9 heteroatoms. The molecule has 0 fully saturated rings. The monoisotopic (exact) mass is 349 g/mol. The number of thiazole rings is 1. The first kappa shape index (κ1) is 17.0. The number of aromatic nitrogens is 3.